The fourth-order valence-electron chi connectivity index (χ4n) is 2.60. The Morgan fingerprint density at radius 3 is 2.65 bits per heavy atom. The van der Waals surface area contributed by atoms with E-state index in [9.17, 15) is 9.59 Å². The summed E-state index contributed by atoms with van der Waals surface area (Å²) in [6, 6.07) is 0. The van der Waals surface area contributed by atoms with Gasteiger partial charge >= 0.3 is 5.97 Å². The number of hydrogen-bond acceptors (Lipinski definition) is 3. The highest BCUT2D eigenvalue weighted by molar-refractivity contribution is 5.91. The van der Waals surface area contributed by atoms with Crippen molar-refractivity contribution in [3.8, 4) is 0 Å². The number of ketones is 1. The van der Waals surface area contributed by atoms with Crippen LogP contribution in [0.4, 0.5) is 0 Å². The third-order valence-electron chi connectivity index (χ3n) is 4.45. The van der Waals surface area contributed by atoms with Crippen LogP contribution >= 0.6 is 0 Å². The Bertz CT molecular complexity index is 443. The molecule has 1 unspecified atom stereocenters. The molecule has 3 nitrogen and oxygen atoms in total. The summed E-state index contributed by atoms with van der Waals surface area (Å²) in [5, 5.41) is 0. The highest BCUT2D eigenvalue weighted by Crippen LogP contribution is 2.40. The minimum absolute atomic E-state index is 0.0657. The Morgan fingerprint density at radius 1 is 1.50 bits per heavy atom. The van der Waals surface area contributed by atoms with Crippen LogP contribution in [0.5, 0.6) is 0 Å². The first-order chi connectivity index (χ1) is 9.21. The second-order valence-electron chi connectivity index (χ2n) is 6.55. The van der Waals surface area contributed by atoms with Crippen LogP contribution in [0.1, 0.15) is 53.4 Å². The van der Waals surface area contributed by atoms with E-state index < -0.39 is 0 Å². The van der Waals surface area contributed by atoms with Crippen molar-refractivity contribution in [2.45, 2.75) is 53.4 Å². The molecule has 0 aromatic heterocycles. The number of Topliss-reactive ketones (excluding diaryl/α,β-unsaturated/α-hetero) is 1. The average Bonchev–Trinajstić information content (AvgIpc) is 2.64. The SMILES string of the molecule is COC(=O)/C=C/C(C)(C)CCCC1(C)C(=O)CC=C1C. The molecule has 0 heterocycles. The second kappa shape index (κ2) is 6.38. The van der Waals surface area contributed by atoms with Crippen LogP contribution in [-0.4, -0.2) is 18.9 Å². The van der Waals surface area contributed by atoms with Crippen LogP contribution in [0.25, 0.3) is 0 Å². The summed E-state index contributed by atoms with van der Waals surface area (Å²) in [7, 11) is 1.38. The van der Waals surface area contributed by atoms with Crippen molar-refractivity contribution < 1.29 is 14.3 Å². The first kappa shape index (κ1) is 16.7. The Labute approximate surface area is 122 Å². The Kier molecular flexibility index (Phi) is 5.32. The van der Waals surface area contributed by atoms with Gasteiger partial charge in [-0.2, -0.15) is 0 Å². The number of carbonyl (C=O) groups is 2. The van der Waals surface area contributed by atoms with Crippen molar-refractivity contribution in [2.75, 3.05) is 7.11 Å². The fourth-order valence-corrected chi connectivity index (χ4v) is 2.60. The molecule has 3 heteroatoms. The summed E-state index contributed by atoms with van der Waals surface area (Å²) in [6.07, 6.45) is 8.78. The van der Waals surface area contributed by atoms with Gasteiger partial charge in [0.05, 0.1) is 7.11 Å². The van der Waals surface area contributed by atoms with Crippen LogP contribution in [-0.2, 0) is 14.3 Å². The highest BCUT2D eigenvalue weighted by atomic mass is 16.5. The van der Waals surface area contributed by atoms with Crippen molar-refractivity contribution in [2.24, 2.45) is 10.8 Å². The Morgan fingerprint density at radius 2 is 2.15 bits per heavy atom. The van der Waals surface area contributed by atoms with E-state index in [4.69, 9.17) is 0 Å². The summed E-state index contributed by atoms with van der Waals surface area (Å²) in [4.78, 5) is 23.1. The van der Waals surface area contributed by atoms with Crippen molar-refractivity contribution in [1.82, 2.24) is 0 Å². The summed E-state index contributed by atoms with van der Waals surface area (Å²) in [5.74, 6) is 0.00712. The van der Waals surface area contributed by atoms with Gasteiger partial charge in [-0.25, -0.2) is 4.79 Å². The lowest BCUT2D eigenvalue weighted by molar-refractivity contribution is -0.134. The van der Waals surface area contributed by atoms with Crippen molar-refractivity contribution in [3.63, 3.8) is 0 Å². The minimum atomic E-state index is -0.324. The number of carbonyl (C=O) groups excluding carboxylic acids is 2. The van der Waals surface area contributed by atoms with E-state index in [-0.39, 0.29) is 16.8 Å². The maximum atomic E-state index is 12.0. The average molecular weight is 278 g/mol. The van der Waals surface area contributed by atoms with Crippen LogP contribution in [0.2, 0.25) is 0 Å². The zero-order chi connectivity index (χ0) is 15.4. The maximum Gasteiger partial charge on any atom is 0.330 e. The summed E-state index contributed by atoms with van der Waals surface area (Å²) in [5.41, 5.74) is 0.858. The molecule has 1 aliphatic rings. The molecule has 1 atom stereocenters. The molecule has 0 aromatic rings. The van der Waals surface area contributed by atoms with Gasteiger partial charge in [-0.1, -0.05) is 38.0 Å². The van der Waals surface area contributed by atoms with E-state index in [1.54, 1.807) is 0 Å². The maximum absolute atomic E-state index is 12.0. The van der Waals surface area contributed by atoms with Gasteiger partial charge in [-0.3, -0.25) is 4.79 Å². The molecule has 0 saturated carbocycles. The first-order valence-corrected chi connectivity index (χ1v) is 7.19. The standard InChI is InChI=1S/C17H26O3/c1-13-7-8-14(18)17(13,4)11-6-10-16(2,3)12-9-15(19)20-5/h7,9,12H,6,8,10-11H2,1-5H3/b12-9+. The molecule has 0 fully saturated rings. The Hall–Kier alpha value is -1.38. The summed E-state index contributed by atoms with van der Waals surface area (Å²) in [6.45, 7) is 8.28. The normalized spacial score (nSPS) is 23.2. The van der Waals surface area contributed by atoms with Gasteiger partial charge < -0.3 is 4.74 Å². The summed E-state index contributed by atoms with van der Waals surface area (Å²) >= 11 is 0. The molecular formula is C17H26O3. The van der Waals surface area contributed by atoms with Gasteiger partial charge in [0.15, 0.2) is 0 Å². The van der Waals surface area contributed by atoms with E-state index in [1.165, 1.54) is 18.8 Å². The number of methoxy groups -OCH3 is 1. The van der Waals surface area contributed by atoms with Crippen molar-refractivity contribution in [3.05, 3.63) is 23.8 Å². The largest absolute Gasteiger partial charge is 0.466 e. The van der Waals surface area contributed by atoms with Crippen molar-refractivity contribution in [1.29, 1.82) is 0 Å². The molecule has 0 N–H and O–H groups in total. The van der Waals surface area contributed by atoms with Gasteiger partial charge in [0, 0.05) is 17.9 Å². The van der Waals surface area contributed by atoms with Gasteiger partial charge in [-0.05, 0) is 32.1 Å². The molecule has 20 heavy (non-hydrogen) atoms. The lowest BCUT2D eigenvalue weighted by Gasteiger charge is -2.27. The molecule has 1 aliphatic carbocycles. The van der Waals surface area contributed by atoms with Crippen LogP contribution in [0.3, 0.4) is 0 Å². The van der Waals surface area contributed by atoms with E-state index in [0.29, 0.717) is 12.2 Å². The minimum Gasteiger partial charge on any atom is -0.466 e. The van der Waals surface area contributed by atoms with E-state index in [2.05, 4.69) is 18.6 Å². The molecule has 0 aliphatic heterocycles. The lowest BCUT2D eigenvalue weighted by atomic mass is 9.76. The number of esters is 1. The molecular weight excluding hydrogens is 252 g/mol. The smallest absolute Gasteiger partial charge is 0.330 e. The van der Waals surface area contributed by atoms with Gasteiger partial charge in [-0.15, -0.1) is 0 Å². The molecule has 112 valence electrons. The van der Waals surface area contributed by atoms with E-state index in [1.807, 2.05) is 26.0 Å². The molecule has 0 aromatic carbocycles. The predicted molar refractivity (Wildman–Crippen MR) is 80.3 cm³/mol. The van der Waals surface area contributed by atoms with Crippen LogP contribution < -0.4 is 0 Å². The number of rotatable bonds is 6. The van der Waals surface area contributed by atoms with E-state index >= 15 is 0 Å². The molecule has 0 spiro atoms. The quantitative estimate of drug-likeness (QED) is 0.421. The molecule has 0 amide bonds. The molecule has 0 saturated heterocycles. The lowest BCUT2D eigenvalue weighted by Crippen LogP contribution is -2.25. The van der Waals surface area contributed by atoms with E-state index in [0.717, 1.165) is 19.3 Å². The molecule has 0 radical (unpaired) electrons. The monoisotopic (exact) mass is 278 g/mol. The molecule has 0 bridgehead atoms. The Balaban J connectivity index is 2.51. The summed E-state index contributed by atoms with van der Waals surface area (Å²) < 4.78 is 4.60. The third-order valence-corrected chi connectivity index (χ3v) is 4.45. The predicted octanol–water partition coefficient (Wildman–Crippen LogP) is 3.84. The third kappa shape index (κ3) is 4.06. The number of ether oxygens (including phenoxy) is 1. The van der Waals surface area contributed by atoms with Gasteiger partial charge in [0.25, 0.3) is 0 Å². The zero-order valence-corrected chi connectivity index (χ0v) is 13.3. The fraction of sp³-hybridized carbons (Fsp3) is 0.647. The number of hydrogen-bond donors (Lipinski definition) is 0. The highest BCUT2D eigenvalue weighted by Gasteiger charge is 2.37. The van der Waals surface area contributed by atoms with Crippen LogP contribution in [0.15, 0.2) is 23.8 Å². The molecule has 1 rings (SSSR count). The zero-order valence-electron chi connectivity index (χ0n) is 13.3. The van der Waals surface area contributed by atoms with Crippen molar-refractivity contribution >= 4 is 11.8 Å². The van der Waals surface area contributed by atoms with Gasteiger partial charge in [0.1, 0.15) is 5.78 Å². The number of allylic oxidation sites excluding steroid dienone is 3. The second-order valence-corrected chi connectivity index (χ2v) is 6.55. The first-order valence-electron chi connectivity index (χ1n) is 7.19. The van der Waals surface area contributed by atoms with Crippen LogP contribution in [0, 0.1) is 10.8 Å². The van der Waals surface area contributed by atoms with Gasteiger partial charge in [0.2, 0.25) is 0 Å². The topological polar surface area (TPSA) is 43.4 Å².